The molecule has 0 radical (unpaired) electrons. The van der Waals surface area contributed by atoms with Crippen LogP contribution in [0.3, 0.4) is 0 Å². The van der Waals surface area contributed by atoms with E-state index in [2.05, 4.69) is 9.71 Å². The summed E-state index contributed by atoms with van der Waals surface area (Å²) in [5.41, 5.74) is 0.155. The third-order valence-corrected chi connectivity index (χ3v) is 4.57. The fourth-order valence-corrected chi connectivity index (χ4v) is 3.28. The molecule has 0 amide bonds. The lowest BCUT2D eigenvalue weighted by atomic mass is 10.2. The van der Waals surface area contributed by atoms with Crippen molar-refractivity contribution >= 4 is 33.0 Å². The number of nitro benzene ring substituents is 1. The van der Waals surface area contributed by atoms with E-state index in [0.29, 0.717) is 0 Å². The second-order valence-electron chi connectivity index (χ2n) is 4.10. The monoisotopic (exact) mass is 327 g/mol. The molecule has 0 aliphatic heterocycles. The number of aromatic nitrogens is 1. The fraction of sp³-hybridized carbons (Fsp3) is 0.0833. The molecule has 21 heavy (non-hydrogen) atoms. The number of sulfonamides is 1. The number of anilines is 1. The van der Waals surface area contributed by atoms with Gasteiger partial charge in [-0.15, -0.1) is 0 Å². The Hall–Kier alpha value is -2.19. The van der Waals surface area contributed by atoms with Gasteiger partial charge in [0.05, 0.1) is 16.2 Å². The third kappa shape index (κ3) is 3.11. The van der Waals surface area contributed by atoms with Gasteiger partial charge in [-0.25, -0.2) is 13.4 Å². The highest BCUT2D eigenvalue weighted by molar-refractivity contribution is 7.92. The predicted octanol–water partition coefficient (Wildman–Crippen LogP) is 2.75. The Bertz CT molecular complexity index is 808. The Morgan fingerprint density at radius 2 is 2.00 bits per heavy atom. The van der Waals surface area contributed by atoms with Gasteiger partial charge in [-0.05, 0) is 25.1 Å². The van der Waals surface area contributed by atoms with Crippen LogP contribution in [0.5, 0.6) is 0 Å². The molecule has 0 aliphatic carbocycles. The lowest BCUT2D eigenvalue weighted by Gasteiger charge is -2.11. The lowest BCUT2D eigenvalue weighted by Crippen LogP contribution is -2.15. The number of hydrogen-bond acceptors (Lipinski definition) is 5. The van der Waals surface area contributed by atoms with E-state index in [4.69, 9.17) is 11.6 Å². The molecule has 9 heteroatoms. The maximum atomic E-state index is 12.3. The maximum absolute atomic E-state index is 12.3. The van der Waals surface area contributed by atoms with Crippen LogP contribution in [0, 0.1) is 17.0 Å². The van der Waals surface area contributed by atoms with E-state index in [-0.39, 0.29) is 27.0 Å². The van der Waals surface area contributed by atoms with Gasteiger partial charge in [0.25, 0.3) is 15.7 Å². The first-order valence-corrected chi connectivity index (χ1v) is 7.56. The SMILES string of the molecule is Cc1c(NS(=O)(=O)c2cccnc2Cl)cccc1[N+](=O)[O-]. The van der Waals surface area contributed by atoms with Crippen LogP contribution in [0.1, 0.15) is 5.56 Å². The van der Waals surface area contributed by atoms with Gasteiger partial charge in [0.15, 0.2) is 0 Å². The van der Waals surface area contributed by atoms with Crippen LogP contribution in [0.15, 0.2) is 41.4 Å². The van der Waals surface area contributed by atoms with Crippen LogP contribution in [0.2, 0.25) is 5.15 Å². The van der Waals surface area contributed by atoms with Gasteiger partial charge in [0, 0.05) is 12.3 Å². The van der Waals surface area contributed by atoms with E-state index in [1.165, 1.54) is 43.5 Å². The summed E-state index contributed by atoms with van der Waals surface area (Å²) in [6.45, 7) is 1.46. The van der Waals surface area contributed by atoms with Crippen molar-refractivity contribution in [2.75, 3.05) is 4.72 Å². The molecular formula is C12H10ClN3O4S. The van der Waals surface area contributed by atoms with Crippen LogP contribution in [-0.4, -0.2) is 18.3 Å². The van der Waals surface area contributed by atoms with Crippen molar-refractivity contribution in [3.63, 3.8) is 0 Å². The first kappa shape index (κ1) is 15.2. The Morgan fingerprint density at radius 3 is 2.62 bits per heavy atom. The smallest absolute Gasteiger partial charge is 0.274 e. The summed E-state index contributed by atoms with van der Waals surface area (Å²) in [5.74, 6) is 0. The van der Waals surface area contributed by atoms with Crippen molar-refractivity contribution in [1.82, 2.24) is 4.98 Å². The van der Waals surface area contributed by atoms with Crippen molar-refractivity contribution < 1.29 is 13.3 Å². The minimum absolute atomic E-state index is 0.115. The molecule has 1 aromatic carbocycles. The van der Waals surface area contributed by atoms with Gasteiger partial charge < -0.3 is 0 Å². The summed E-state index contributed by atoms with van der Waals surface area (Å²) in [6, 6.07) is 6.85. The highest BCUT2D eigenvalue weighted by Gasteiger charge is 2.21. The molecule has 0 aliphatic rings. The van der Waals surface area contributed by atoms with Gasteiger partial charge >= 0.3 is 0 Å². The van der Waals surface area contributed by atoms with Crippen molar-refractivity contribution in [3.05, 3.63) is 57.4 Å². The van der Waals surface area contributed by atoms with E-state index in [9.17, 15) is 18.5 Å². The van der Waals surface area contributed by atoms with Crippen LogP contribution < -0.4 is 4.72 Å². The maximum Gasteiger partial charge on any atom is 0.274 e. The molecule has 0 spiro atoms. The zero-order valence-electron chi connectivity index (χ0n) is 10.8. The Morgan fingerprint density at radius 1 is 1.29 bits per heavy atom. The number of benzene rings is 1. The number of pyridine rings is 1. The molecule has 0 saturated carbocycles. The molecule has 1 heterocycles. The zero-order valence-corrected chi connectivity index (χ0v) is 12.4. The highest BCUT2D eigenvalue weighted by Crippen LogP contribution is 2.28. The van der Waals surface area contributed by atoms with E-state index in [1.807, 2.05) is 0 Å². The second kappa shape index (κ2) is 5.66. The average molecular weight is 328 g/mol. The summed E-state index contributed by atoms with van der Waals surface area (Å²) in [6.07, 6.45) is 1.36. The van der Waals surface area contributed by atoms with Crippen LogP contribution in [-0.2, 0) is 10.0 Å². The van der Waals surface area contributed by atoms with Gasteiger partial charge in [0.1, 0.15) is 10.0 Å². The molecule has 2 aromatic rings. The molecule has 0 saturated heterocycles. The van der Waals surface area contributed by atoms with Gasteiger partial charge in [-0.2, -0.15) is 0 Å². The van der Waals surface area contributed by atoms with Crippen molar-refractivity contribution in [3.8, 4) is 0 Å². The topological polar surface area (TPSA) is 102 Å². The average Bonchev–Trinajstić information content (AvgIpc) is 2.41. The molecular weight excluding hydrogens is 318 g/mol. The minimum Gasteiger partial charge on any atom is -0.279 e. The van der Waals surface area contributed by atoms with Gasteiger partial charge in [0.2, 0.25) is 0 Å². The molecule has 1 aromatic heterocycles. The first-order valence-electron chi connectivity index (χ1n) is 5.70. The van der Waals surface area contributed by atoms with Gasteiger partial charge in [-0.1, -0.05) is 17.7 Å². The molecule has 110 valence electrons. The van der Waals surface area contributed by atoms with Crippen LogP contribution in [0.25, 0.3) is 0 Å². The summed E-state index contributed by atoms with van der Waals surface area (Å²) in [4.78, 5) is 13.8. The molecule has 0 fully saturated rings. The standard InChI is InChI=1S/C12H10ClN3O4S/c1-8-9(4-2-5-10(8)16(17)18)15-21(19,20)11-6-3-7-14-12(11)13/h2-7,15H,1H3. The number of rotatable bonds is 4. The fourth-order valence-electron chi connectivity index (χ4n) is 1.70. The van der Waals surface area contributed by atoms with Crippen molar-refractivity contribution in [2.45, 2.75) is 11.8 Å². The van der Waals surface area contributed by atoms with E-state index in [1.54, 1.807) is 0 Å². The lowest BCUT2D eigenvalue weighted by molar-refractivity contribution is -0.385. The summed E-state index contributed by atoms with van der Waals surface area (Å²) in [7, 11) is -3.98. The molecule has 0 atom stereocenters. The predicted molar refractivity (Wildman–Crippen MR) is 77.9 cm³/mol. The summed E-state index contributed by atoms with van der Waals surface area (Å²) < 4.78 is 26.8. The van der Waals surface area contributed by atoms with E-state index >= 15 is 0 Å². The molecule has 7 nitrogen and oxygen atoms in total. The number of hydrogen-bond donors (Lipinski definition) is 1. The Balaban J connectivity index is 2.45. The van der Waals surface area contributed by atoms with E-state index < -0.39 is 14.9 Å². The quantitative estimate of drug-likeness (QED) is 0.528. The normalized spacial score (nSPS) is 11.1. The Labute approximate surface area is 125 Å². The van der Waals surface area contributed by atoms with Crippen LogP contribution >= 0.6 is 11.6 Å². The number of halogens is 1. The minimum atomic E-state index is -3.98. The second-order valence-corrected chi connectivity index (χ2v) is 6.11. The Kier molecular flexibility index (Phi) is 4.10. The van der Waals surface area contributed by atoms with Crippen LogP contribution in [0.4, 0.5) is 11.4 Å². The van der Waals surface area contributed by atoms with Crippen molar-refractivity contribution in [2.24, 2.45) is 0 Å². The zero-order chi connectivity index (χ0) is 15.6. The molecule has 2 rings (SSSR count). The summed E-state index contributed by atoms with van der Waals surface area (Å²) in [5, 5.41) is 10.7. The first-order chi connectivity index (χ1) is 9.83. The molecule has 0 bridgehead atoms. The largest absolute Gasteiger partial charge is 0.279 e. The number of nitro groups is 1. The highest BCUT2D eigenvalue weighted by atomic mass is 35.5. The van der Waals surface area contributed by atoms with E-state index in [0.717, 1.165) is 0 Å². The summed E-state index contributed by atoms with van der Waals surface area (Å²) >= 11 is 5.76. The van der Waals surface area contributed by atoms with Crippen molar-refractivity contribution in [1.29, 1.82) is 0 Å². The van der Waals surface area contributed by atoms with Gasteiger partial charge in [-0.3, -0.25) is 14.8 Å². The molecule has 1 N–H and O–H groups in total. The number of nitrogens with zero attached hydrogens (tertiary/aromatic N) is 2. The number of nitrogens with one attached hydrogen (secondary N) is 1. The third-order valence-electron chi connectivity index (χ3n) is 2.76. The molecule has 0 unspecified atom stereocenters.